The Morgan fingerprint density at radius 1 is 1.60 bits per heavy atom. The molecule has 0 saturated carbocycles. The second-order valence-corrected chi connectivity index (χ2v) is 3.00. The number of nitrogens with two attached hydrogens (primary N) is 1. The number of alkyl halides is 1. The third-order valence-electron chi connectivity index (χ3n) is 1.93. The summed E-state index contributed by atoms with van der Waals surface area (Å²) < 4.78 is 17.1. The van der Waals surface area contributed by atoms with Crippen molar-refractivity contribution in [2.45, 2.75) is 6.92 Å². The summed E-state index contributed by atoms with van der Waals surface area (Å²) >= 11 is 0. The molecule has 0 spiro atoms. The van der Waals surface area contributed by atoms with Crippen LogP contribution in [0.1, 0.15) is 11.1 Å². The summed E-state index contributed by atoms with van der Waals surface area (Å²) in [5.74, 6) is 0.539. The highest BCUT2D eigenvalue weighted by molar-refractivity contribution is 5.97. The Balaban J connectivity index is 2.94. The molecule has 0 heterocycles. The van der Waals surface area contributed by atoms with Gasteiger partial charge in [0.1, 0.15) is 19.0 Å². The predicted octanol–water partition coefficient (Wildman–Crippen LogP) is 1.44. The van der Waals surface area contributed by atoms with E-state index in [9.17, 15) is 4.39 Å². The van der Waals surface area contributed by atoms with Crippen LogP contribution in [0.3, 0.4) is 0 Å². The molecule has 1 aromatic rings. The largest absolute Gasteiger partial charge is 0.491 e. The number of aryl methyl sites for hydroxylation is 1. The molecular formula is C10H13FN2O2. The third kappa shape index (κ3) is 2.83. The Morgan fingerprint density at radius 2 is 2.33 bits per heavy atom. The number of nitrogens with zero attached hydrogens (tertiary/aromatic N) is 1. The molecule has 5 heteroatoms. The molecule has 0 aliphatic carbocycles. The second kappa shape index (κ2) is 5.19. The van der Waals surface area contributed by atoms with Gasteiger partial charge in [0.25, 0.3) is 0 Å². The SMILES string of the molecule is Cc1ccc(/C(N)=N/O)cc1OCCF. The van der Waals surface area contributed by atoms with E-state index in [1.165, 1.54) is 0 Å². The summed E-state index contributed by atoms with van der Waals surface area (Å²) in [5.41, 5.74) is 6.82. The van der Waals surface area contributed by atoms with Crippen LogP contribution in [0.25, 0.3) is 0 Å². The molecule has 0 unspecified atom stereocenters. The molecule has 0 aliphatic rings. The second-order valence-electron chi connectivity index (χ2n) is 3.00. The van der Waals surface area contributed by atoms with Crippen LogP contribution >= 0.6 is 0 Å². The monoisotopic (exact) mass is 212 g/mol. The Kier molecular flexibility index (Phi) is 3.91. The molecule has 82 valence electrons. The van der Waals surface area contributed by atoms with Crippen molar-refractivity contribution in [1.29, 1.82) is 0 Å². The maximum atomic E-state index is 11.9. The van der Waals surface area contributed by atoms with Crippen molar-refractivity contribution >= 4 is 5.84 Å². The van der Waals surface area contributed by atoms with E-state index in [0.29, 0.717) is 11.3 Å². The van der Waals surface area contributed by atoms with Crippen LogP contribution in [-0.4, -0.2) is 24.3 Å². The van der Waals surface area contributed by atoms with Crippen molar-refractivity contribution in [2.24, 2.45) is 10.9 Å². The van der Waals surface area contributed by atoms with Crippen molar-refractivity contribution in [1.82, 2.24) is 0 Å². The summed E-state index contributed by atoms with van der Waals surface area (Å²) in [6.45, 7) is 1.29. The van der Waals surface area contributed by atoms with Gasteiger partial charge in [0.2, 0.25) is 0 Å². The summed E-state index contributed by atoms with van der Waals surface area (Å²) in [7, 11) is 0. The van der Waals surface area contributed by atoms with Crippen LogP contribution < -0.4 is 10.5 Å². The Morgan fingerprint density at radius 3 is 2.93 bits per heavy atom. The van der Waals surface area contributed by atoms with Gasteiger partial charge < -0.3 is 15.7 Å². The van der Waals surface area contributed by atoms with Crippen LogP contribution in [0.15, 0.2) is 23.4 Å². The number of oxime groups is 1. The maximum Gasteiger partial charge on any atom is 0.170 e. The van der Waals surface area contributed by atoms with Crippen LogP contribution in [0.4, 0.5) is 4.39 Å². The first kappa shape index (κ1) is 11.3. The van der Waals surface area contributed by atoms with Gasteiger partial charge in [-0.2, -0.15) is 0 Å². The fraction of sp³-hybridized carbons (Fsp3) is 0.300. The number of hydrogen-bond acceptors (Lipinski definition) is 3. The quantitative estimate of drug-likeness (QED) is 0.343. The van der Waals surface area contributed by atoms with Gasteiger partial charge in [-0.05, 0) is 18.6 Å². The van der Waals surface area contributed by atoms with Crippen molar-refractivity contribution in [2.75, 3.05) is 13.3 Å². The zero-order chi connectivity index (χ0) is 11.3. The summed E-state index contributed by atoms with van der Waals surface area (Å²) in [6.07, 6.45) is 0. The highest BCUT2D eigenvalue weighted by Crippen LogP contribution is 2.19. The highest BCUT2D eigenvalue weighted by Gasteiger charge is 2.04. The zero-order valence-corrected chi connectivity index (χ0v) is 8.40. The van der Waals surface area contributed by atoms with E-state index < -0.39 is 6.67 Å². The number of benzene rings is 1. The molecule has 0 amide bonds. The molecule has 0 fully saturated rings. The average molecular weight is 212 g/mol. The number of ether oxygens (including phenoxy) is 1. The van der Waals surface area contributed by atoms with Crippen molar-refractivity contribution in [3.05, 3.63) is 29.3 Å². The van der Waals surface area contributed by atoms with Gasteiger partial charge in [-0.15, -0.1) is 0 Å². The van der Waals surface area contributed by atoms with Crippen LogP contribution in [0.2, 0.25) is 0 Å². The topological polar surface area (TPSA) is 67.8 Å². The van der Waals surface area contributed by atoms with Crippen LogP contribution in [0.5, 0.6) is 5.75 Å². The van der Waals surface area contributed by atoms with Crippen molar-refractivity contribution in [3.63, 3.8) is 0 Å². The van der Waals surface area contributed by atoms with E-state index in [0.717, 1.165) is 5.56 Å². The number of amidine groups is 1. The standard InChI is InChI=1S/C10H13FN2O2/c1-7-2-3-8(10(12)13-14)6-9(7)15-5-4-11/h2-3,6,14H,4-5H2,1H3,(H2,12,13). The van der Waals surface area contributed by atoms with E-state index in [4.69, 9.17) is 15.7 Å². The van der Waals surface area contributed by atoms with Gasteiger partial charge in [0, 0.05) is 5.56 Å². The Bertz CT molecular complexity index is 366. The lowest BCUT2D eigenvalue weighted by Crippen LogP contribution is -2.13. The molecule has 3 N–H and O–H groups in total. The molecule has 15 heavy (non-hydrogen) atoms. The molecular weight excluding hydrogens is 199 g/mol. The molecule has 1 rings (SSSR count). The Hall–Kier alpha value is -1.78. The number of rotatable bonds is 4. The van der Waals surface area contributed by atoms with Crippen LogP contribution in [-0.2, 0) is 0 Å². The lowest BCUT2D eigenvalue weighted by atomic mass is 10.1. The molecule has 4 nitrogen and oxygen atoms in total. The van der Waals surface area contributed by atoms with Crippen molar-refractivity contribution < 1.29 is 14.3 Å². The minimum atomic E-state index is -0.548. The van der Waals surface area contributed by atoms with Gasteiger partial charge in [-0.1, -0.05) is 17.3 Å². The molecule has 0 atom stereocenters. The number of hydrogen-bond donors (Lipinski definition) is 2. The molecule has 0 saturated heterocycles. The van der Waals surface area contributed by atoms with E-state index in [-0.39, 0.29) is 12.4 Å². The number of halogens is 1. The average Bonchev–Trinajstić information content (AvgIpc) is 2.27. The van der Waals surface area contributed by atoms with Gasteiger partial charge >= 0.3 is 0 Å². The molecule has 0 aromatic heterocycles. The van der Waals surface area contributed by atoms with Gasteiger partial charge in [0.05, 0.1) is 0 Å². The van der Waals surface area contributed by atoms with E-state index in [2.05, 4.69) is 5.16 Å². The van der Waals surface area contributed by atoms with E-state index in [1.807, 2.05) is 6.92 Å². The fourth-order valence-electron chi connectivity index (χ4n) is 1.12. The van der Waals surface area contributed by atoms with E-state index in [1.54, 1.807) is 18.2 Å². The minimum absolute atomic E-state index is 0.0000912. The molecule has 0 aliphatic heterocycles. The van der Waals surface area contributed by atoms with Crippen molar-refractivity contribution in [3.8, 4) is 5.75 Å². The van der Waals surface area contributed by atoms with Crippen LogP contribution in [0, 0.1) is 6.92 Å². The predicted molar refractivity (Wildman–Crippen MR) is 55.2 cm³/mol. The first-order valence-electron chi connectivity index (χ1n) is 4.46. The molecule has 0 radical (unpaired) electrons. The summed E-state index contributed by atoms with van der Waals surface area (Å²) in [4.78, 5) is 0. The molecule has 1 aromatic carbocycles. The lowest BCUT2D eigenvalue weighted by molar-refractivity contribution is 0.272. The Labute approximate surface area is 87.2 Å². The maximum absolute atomic E-state index is 11.9. The summed E-state index contributed by atoms with van der Waals surface area (Å²) in [6, 6.07) is 5.08. The normalized spacial score (nSPS) is 11.5. The third-order valence-corrected chi connectivity index (χ3v) is 1.93. The zero-order valence-electron chi connectivity index (χ0n) is 8.40. The minimum Gasteiger partial charge on any atom is -0.491 e. The van der Waals surface area contributed by atoms with Gasteiger partial charge in [0.15, 0.2) is 5.84 Å². The summed E-state index contributed by atoms with van der Waals surface area (Å²) in [5, 5.41) is 11.4. The fourth-order valence-corrected chi connectivity index (χ4v) is 1.12. The lowest BCUT2D eigenvalue weighted by Gasteiger charge is -2.08. The van der Waals surface area contributed by atoms with Gasteiger partial charge in [-0.25, -0.2) is 4.39 Å². The first-order valence-corrected chi connectivity index (χ1v) is 4.46. The highest BCUT2D eigenvalue weighted by atomic mass is 19.1. The van der Waals surface area contributed by atoms with E-state index >= 15 is 0 Å². The smallest absolute Gasteiger partial charge is 0.170 e. The first-order chi connectivity index (χ1) is 7.19. The van der Waals surface area contributed by atoms with Gasteiger partial charge in [-0.3, -0.25) is 0 Å². The molecule has 0 bridgehead atoms.